The average Bonchev–Trinajstić information content (AvgIpc) is 2.82. The molecule has 5 nitrogen and oxygen atoms in total. The summed E-state index contributed by atoms with van der Waals surface area (Å²) >= 11 is 6.33. The van der Waals surface area contributed by atoms with Crippen molar-refractivity contribution in [2.75, 3.05) is 6.61 Å². The van der Waals surface area contributed by atoms with Gasteiger partial charge >= 0.3 is 5.97 Å². The maximum absolute atomic E-state index is 13.5. The summed E-state index contributed by atoms with van der Waals surface area (Å²) in [6.07, 6.45) is 0. The summed E-state index contributed by atoms with van der Waals surface area (Å²) in [5.41, 5.74) is 2.63. The fourth-order valence-corrected chi connectivity index (χ4v) is 3.74. The van der Waals surface area contributed by atoms with E-state index in [1.54, 1.807) is 13.0 Å². The highest BCUT2D eigenvalue weighted by molar-refractivity contribution is 6.31. The fraction of sp³-hybridized carbons (Fsp3) is 0.115. The molecule has 0 bridgehead atoms. The summed E-state index contributed by atoms with van der Waals surface area (Å²) in [5.74, 6) is -0.677. The Hall–Kier alpha value is -3.70. The van der Waals surface area contributed by atoms with E-state index in [4.69, 9.17) is 21.4 Å². The van der Waals surface area contributed by atoms with Crippen LogP contribution in [0.4, 0.5) is 0 Å². The molecule has 0 spiro atoms. The number of carbonyl (C=O) groups excluding carboxylic acids is 1. The minimum Gasteiger partial charge on any atom is -0.462 e. The number of nitrogens with zero attached hydrogens (tertiary/aromatic N) is 2. The zero-order valence-electron chi connectivity index (χ0n) is 17.5. The SMILES string of the molecule is CCOC(=O)c1c(-c2ccccc2)c(-c2ccccc2)nn(Cc2ccccc2Cl)c1=O. The molecule has 160 valence electrons. The molecule has 0 amide bonds. The molecule has 0 unspecified atom stereocenters. The number of halogens is 1. The minimum absolute atomic E-state index is 0.0426. The standard InChI is InChI=1S/C26H21ClN2O3/c1-2-32-26(31)23-22(18-11-5-3-6-12-18)24(19-13-7-4-8-14-19)28-29(25(23)30)17-20-15-9-10-16-21(20)27/h3-16H,2,17H2,1H3. The Bertz CT molecular complexity index is 1300. The quantitative estimate of drug-likeness (QED) is 0.371. The van der Waals surface area contributed by atoms with Gasteiger partial charge in [0.2, 0.25) is 0 Å². The number of benzene rings is 3. The second kappa shape index (κ2) is 9.62. The van der Waals surface area contributed by atoms with Gasteiger partial charge < -0.3 is 4.74 Å². The zero-order valence-corrected chi connectivity index (χ0v) is 18.3. The van der Waals surface area contributed by atoms with Crippen LogP contribution in [-0.2, 0) is 11.3 Å². The molecule has 0 saturated carbocycles. The van der Waals surface area contributed by atoms with Crippen LogP contribution in [0.2, 0.25) is 5.02 Å². The lowest BCUT2D eigenvalue weighted by molar-refractivity contribution is 0.0524. The van der Waals surface area contributed by atoms with Crippen LogP contribution in [0.15, 0.2) is 89.7 Å². The van der Waals surface area contributed by atoms with Gasteiger partial charge in [0.05, 0.1) is 18.8 Å². The fourth-order valence-electron chi connectivity index (χ4n) is 3.54. The molecule has 1 heterocycles. The molecule has 0 atom stereocenters. The van der Waals surface area contributed by atoms with Gasteiger partial charge in [-0.3, -0.25) is 4.79 Å². The van der Waals surface area contributed by atoms with E-state index in [2.05, 4.69) is 0 Å². The number of rotatable bonds is 6. The van der Waals surface area contributed by atoms with E-state index in [9.17, 15) is 9.59 Å². The predicted octanol–water partition coefficient (Wildman–Crippen LogP) is 5.46. The molecule has 0 aliphatic carbocycles. The molecule has 6 heteroatoms. The van der Waals surface area contributed by atoms with E-state index in [1.165, 1.54) is 4.68 Å². The van der Waals surface area contributed by atoms with Crippen molar-refractivity contribution in [3.63, 3.8) is 0 Å². The normalized spacial score (nSPS) is 10.7. The van der Waals surface area contributed by atoms with Crippen LogP contribution in [0.1, 0.15) is 22.8 Å². The molecule has 1 aromatic heterocycles. The van der Waals surface area contributed by atoms with E-state index in [0.29, 0.717) is 21.8 Å². The second-order valence-corrected chi connectivity index (χ2v) is 7.51. The Balaban J connectivity index is 2.04. The highest BCUT2D eigenvalue weighted by Crippen LogP contribution is 2.32. The third-order valence-corrected chi connectivity index (χ3v) is 5.39. The van der Waals surface area contributed by atoms with Gasteiger partial charge in [-0.15, -0.1) is 0 Å². The molecule has 3 aromatic carbocycles. The largest absolute Gasteiger partial charge is 0.462 e. The van der Waals surface area contributed by atoms with Gasteiger partial charge in [-0.1, -0.05) is 90.5 Å². The summed E-state index contributed by atoms with van der Waals surface area (Å²) in [5, 5.41) is 5.22. The van der Waals surface area contributed by atoms with Gasteiger partial charge in [-0.25, -0.2) is 9.48 Å². The van der Waals surface area contributed by atoms with Gasteiger partial charge in [-0.2, -0.15) is 5.10 Å². The molecule has 0 fully saturated rings. The van der Waals surface area contributed by atoms with Crippen molar-refractivity contribution in [2.45, 2.75) is 13.5 Å². The third kappa shape index (κ3) is 4.34. The molecule has 0 radical (unpaired) electrons. The molecular formula is C26H21ClN2O3. The molecule has 0 saturated heterocycles. The van der Waals surface area contributed by atoms with Crippen LogP contribution in [0.5, 0.6) is 0 Å². The number of aromatic nitrogens is 2. The number of esters is 1. The van der Waals surface area contributed by atoms with Crippen LogP contribution in [0.25, 0.3) is 22.4 Å². The number of carbonyl (C=O) groups is 1. The first-order valence-electron chi connectivity index (χ1n) is 10.3. The lowest BCUT2D eigenvalue weighted by atomic mass is 9.95. The van der Waals surface area contributed by atoms with Crippen LogP contribution in [-0.4, -0.2) is 22.4 Å². The molecule has 0 aliphatic heterocycles. The van der Waals surface area contributed by atoms with Crippen molar-refractivity contribution < 1.29 is 9.53 Å². The highest BCUT2D eigenvalue weighted by Gasteiger charge is 2.26. The second-order valence-electron chi connectivity index (χ2n) is 7.11. The Morgan fingerprint density at radius 3 is 2.12 bits per heavy atom. The molecule has 4 aromatic rings. The van der Waals surface area contributed by atoms with Crippen molar-refractivity contribution >= 4 is 17.6 Å². The summed E-state index contributed by atoms with van der Waals surface area (Å²) in [4.78, 5) is 26.6. The Morgan fingerprint density at radius 1 is 0.906 bits per heavy atom. The smallest absolute Gasteiger partial charge is 0.344 e. The van der Waals surface area contributed by atoms with Crippen molar-refractivity contribution in [1.29, 1.82) is 0 Å². The Labute approximate surface area is 190 Å². The first-order chi connectivity index (χ1) is 15.6. The van der Waals surface area contributed by atoms with E-state index < -0.39 is 11.5 Å². The van der Waals surface area contributed by atoms with E-state index in [-0.39, 0.29) is 18.7 Å². The monoisotopic (exact) mass is 444 g/mol. The van der Waals surface area contributed by atoms with Crippen LogP contribution in [0, 0.1) is 0 Å². The maximum Gasteiger partial charge on any atom is 0.344 e. The molecule has 32 heavy (non-hydrogen) atoms. The van der Waals surface area contributed by atoms with Crippen LogP contribution >= 0.6 is 11.6 Å². The van der Waals surface area contributed by atoms with E-state index in [1.807, 2.05) is 78.9 Å². The first kappa shape index (κ1) is 21.5. The van der Waals surface area contributed by atoms with Gasteiger partial charge in [-0.05, 0) is 24.1 Å². The predicted molar refractivity (Wildman–Crippen MR) is 126 cm³/mol. The Morgan fingerprint density at radius 2 is 1.50 bits per heavy atom. The zero-order chi connectivity index (χ0) is 22.5. The third-order valence-electron chi connectivity index (χ3n) is 5.02. The topological polar surface area (TPSA) is 61.2 Å². The van der Waals surface area contributed by atoms with Crippen molar-refractivity contribution in [1.82, 2.24) is 9.78 Å². The van der Waals surface area contributed by atoms with Gasteiger partial charge in [0.25, 0.3) is 5.56 Å². The Kier molecular flexibility index (Phi) is 6.47. The number of ether oxygens (including phenoxy) is 1. The summed E-state index contributed by atoms with van der Waals surface area (Å²) < 4.78 is 6.56. The summed E-state index contributed by atoms with van der Waals surface area (Å²) in [6.45, 7) is 1.99. The van der Waals surface area contributed by atoms with E-state index in [0.717, 1.165) is 11.1 Å². The molecule has 4 rings (SSSR count). The number of hydrogen-bond donors (Lipinski definition) is 0. The lowest BCUT2D eigenvalue weighted by Gasteiger charge is -2.17. The first-order valence-corrected chi connectivity index (χ1v) is 10.6. The number of hydrogen-bond acceptors (Lipinski definition) is 4. The van der Waals surface area contributed by atoms with Crippen molar-refractivity contribution in [2.24, 2.45) is 0 Å². The van der Waals surface area contributed by atoms with Crippen LogP contribution in [0.3, 0.4) is 0 Å². The maximum atomic E-state index is 13.5. The summed E-state index contributed by atoms with van der Waals surface area (Å²) in [6, 6.07) is 26.0. The van der Waals surface area contributed by atoms with Gasteiger partial charge in [0.1, 0.15) is 5.56 Å². The van der Waals surface area contributed by atoms with Crippen molar-refractivity contribution in [3.05, 3.63) is 111 Å². The average molecular weight is 445 g/mol. The van der Waals surface area contributed by atoms with Gasteiger partial charge in [0.15, 0.2) is 0 Å². The minimum atomic E-state index is -0.677. The highest BCUT2D eigenvalue weighted by atomic mass is 35.5. The van der Waals surface area contributed by atoms with Crippen LogP contribution < -0.4 is 5.56 Å². The molecular weight excluding hydrogens is 424 g/mol. The lowest BCUT2D eigenvalue weighted by Crippen LogP contribution is -2.31. The summed E-state index contributed by atoms with van der Waals surface area (Å²) in [7, 11) is 0. The van der Waals surface area contributed by atoms with Crippen molar-refractivity contribution in [3.8, 4) is 22.4 Å². The molecule has 0 N–H and O–H groups in total. The van der Waals surface area contributed by atoms with Gasteiger partial charge in [0, 0.05) is 16.1 Å². The van der Waals surface area contributed by atoms with E-state index >= 15 is 0 Å². The molecule has 0 aliphatic rings.